The van der Waals surface area contributed by atoms with E-state index in [4.69, 9.17) is 14.8 Å². The van der Waals surface area contributed by atoms with Gasteiger partial charge in [-0.2, -0.15) is 5.10 Å². The van der Waals surface area contributed by atoms with E-state index in [1.165, 1.54) is 10.6 Å². The van der Waals surface area contributed by atoms with Crippen LogP contribution in [-0.2, 0) is 0 Å². The van der Waals surface area contributed by atoms with Crippen LogP contribution in [0.2, 0.25) is 0 Å². The van der Waals surface area contributed by atoms with E-state index in [0.29, 0.717) is 6.61 Å². The molecule has 0 spiro atoms. The highest BCUT2D eigenvalue weighted by Crippen LogP contribution is 2.31. The van der Waals surface area contributed by atoms with Crippen molar-refractivity contribution in [3.05, 3.63) is 60.2 Å². The molecule has 1 fully saturated rings. The van der Waals surface area contributed by atoms with E-state index in [1.807, 2.05) is 36.0 Å². The van der Waals surface area contributed by atoms with E-state index in [1.54, 1.807) is 11.3 Å². The van der Waals surface area contributed by atoms with Crippen LogP contribution in [0.4, 0.5) is 11.5 Å². The Balaban J connectivity index is 1.38. The molecular formula is C22H23N5OS. The van der Waals surface area contributed by atoms with Crippen LogP contribution in [0.1, 0.15) is 6.92 Å². The number of nitrogens with zero attached hydrogens (tertiary/aromatic N) is 5. The minimum atomic E-state index is 0.677. The van der Waals surface area contributed by atoms with E-state index < -0.39 is 0 Å². The van der Waals surface area contributed by atoms with Crippen LogP contribution in [-0.4, -0.2) is 47.4 Å². The van der Waals surface area contributed by atoms with E-state index >= 15 is 0 Å². The van der Waals surface area contributed by atoms with Gasteiger partial charge < -0.3 is 14.5 Å². The number of hydrogen-bond donors (Lipinski definition) is 0. The molecule has 3 aromatic heterocycles. The molecule has 0 atom stereocenters. The highest BCUT2D eigenvalue weighted by atomic mass is 32.1. The Hall–Kier alpha value is -3.06. The van der Waals surface area contributed by atoms with Gasteiger partial charge in [0.2, 0.25) is 0 Å². The zero-order valence-electron chi connectivity index (χ0n) is 16.4. The first-order chi connectivity index (χ1) is 14.3. The zero-order chi connectivity index (χ0) is 19.6. The Labute approximate surface area is 174 Å². The lowest BCUT2D eigenvalue weighted by Crippen LogP contribution is -2.47. The maximum absolute atomic E-state index is 5.82. The SMILES string of the molecule is CCOc1ccccc1N1CCN(c2nccn3nc(-c4cccs4)cc23)CC1. The minimum absolute atomic E-state index is 0.677. The van der Waals surface area contributed by atoms with Crippen molar-refractivity contribution >= 4 is 28.4 Å². The summed E-state index contributed by atoms with van der Waals surface area (Å²) < 4.78 is 7.76. The van der Waals surface area contributed by atoms with E-state index in [2.05, 4.69) is 45.5 Å². The first kappa shape index (κ1) is 18.0. The fourth-order valence-corrected chi connectivity index (χ4v) is 4.53. The predicted octanol–water partition coefficient (Wildman–Crippen LogP) is 4.18. The first-order valence-electron chi connectivity index (χ1n) is 9.93. The van der Waals surface area contributed by atoms with Gasteiger partial charge in [0, 0.05) is 38.6 Å². The van der Waals surface area contributed by atoms with Gasteiger partial charge in [-0.15, -0.1) is 11.3 Å². The highest BCUT2D eigenvalue weighted by Gasteiger charge is 2.22. The third-order valence-corrected chi connectivity index (χ3v) is 6.12. The molecule has 0 radical (unpaired) electrons. The Bertz CT molecular complexity index is 1100. The molecule has 0 N–H and O–H groups in total. The summed E-state index contributed by atoms with van der Waals surface area (Å²) in [6, 6.07) is 14.6. The van der Waals surface area contributed by atoms with Crippen molar-refractivity contribution in [2.75, 3.05) is 42.6 Å². The van der Waals surface area contributed by atoms with Crippen LogP contribution in [0.3, 0.4) is 0 Å². The van der Waals surface area contributed by atoms with E-state index in [-0.39, 0.29) is 0 Å². The third kappa shape index (κ3) is 3.42. The number of ether oxygens (including phenoxy) is 1. The van der Waals surface area contributed by atoms with Gasteiger partial charge in [-0.3, -0.25) is 0 Å². The Morgan fingerprint density at radius 2 is 1.86 bits per heavy atom. The van der Waals surface area contributed by atoms with Gasteiger partial charge >= 0.3 is 0 Å². The molecule has 7 heteroatoms. The van der Waals surface area contributed by atoms with Crippen LogP contribution in [0.5, 0.6) is 5.75 Å². The van der Waals surface area contributed by atoms with Crippen molar-refractivity contribution in [1.29, 1.82) is 0 Å². The molecule has 1 aliphatic rings. The Morgan fingerprint density at radius 3 is 2.66 bits per heavy atom. The standard InChI is InChI=1S/C22H23N5OS/c1-2-28-20-7-4-3-6-18(20)25-11-13-26(14-12-25)22-19-16-17(21-8-5-15-29-21)24-27(19)10-9-23-22/h3-10,15-16H,2,11-14H2,1H3. The predicted molar refractivity (Wildman–Crippen MR) is 118 cm³/mol. The van der Waals surface area contributed by atoms with Crippen molar-refractivity contribution in [1.82, 2.24) is 14.6 Å². The molecule has 0 aliphatic carbocycles. The van der Waals surface area contributed by atoms with Gasteiger partial charge in [-0.05, 0) is 36.6 Å². The molecule has 148 valence electrons. The number of piperazine rings is 1. The summed E-state index contributed by atoms with van der Waals surface area (Å²) in [6.07, 6.45) is 3.76. The summed E-state index contributed by atoms with van der Waals surface area (Å²) in [5, 5.41) is 6.82. The molecule has 6 nitrogen and oxygen atoms in total. The Morgan fingerprint density at radius 1 is 1.03 bits per heavy atom. The van der Waals surface area contributed by atoms with Crippen molar-refractivity contribution in [2.24, 2.45) is 0 Å². The number of thiophene rings is 1. The molecule has 5 rings (SSSR count). The average molecular weight is 406 g/mol. The fourth-order valence-electron chi connectivity index (χ4n) is 3.85. The molecule has 1 saturated heterocycles. The molecule has 1 aromatic carbocycles. The maximum Gasteiger partial charge on any atom is 0.154 e. The second-order valence-corrected chi connectivity index (χ2v) is 7.91. The molecule has 1 aliphatic heterocycles. The van der Waals surface area contributed by atoms with Gasteiger partial charge in [0.05, 0.1) is 17.2 Å². The maximum atomic E-state index is 5.82. The minimum Gasteiger partial charge on any atom is -0.492 e. The van der Waals surface area contributed by atoms with E-state index in [9.17, 15) is 0 Å². The van der Waals surface area contributed by atoms with Crippen molar-refractivity contribution < 1.29 is 4.74 Å². The van der Waals surface area contributed by atoms with Crippen molar-refractivity contribution in [3.8, 4) is 16.3 Å². The molecule has 0 saturated carbocycles. The molecule has 4 heterocycles. The molecular weight excluding hydrogens is 382 g/mol. The normalized spacial score (nSPS) is 14.5. The second kappa shape index (κ2) is 7.75. The van der Waals surface area contributed by atoms with Gasteiger partial charge in [0.1, 0.15) is 17.0 Å². The number of benzene rings is 1. The molecule has 4 aromatic rings. The molecule has 29 heavy (non-hydrogen) atoms. The smallest absolute Gasteiger partial charge is 0.154 e. The van der Waals surface area contributed by atoms with Crippen molar-refractivity contribution in [2.45, 2.75) is 6.92 Å². The third-order valence-electron chi connectivity index (χ3n) is 5.23. The second-order valence-electron chi connectivity index (χ2n) is 6.96. The number of para-hydroxylation sites is 2. The summed E-state index contributed by atoms with van der Waals surface area (Å²) in [6.45, 7) is 6.38. The lowest BCUT2D eigenvalue weighted by atomic mass is 10.2. The van der Waals surface area contributed by atoms with Crippen molar-refractivity contribution in [3.63, 3.8) is 0 Å². The van der Waals surface area contributed by atoms with Gasteiger partial charge in [0.25, 0.3) is 0 Å². The van der Waals surface area contributed by atoms with Crippen LogP contribution in [0, 0.1) is 0 Å². The summed E-state index contributed by atoms with van der Waals surface area (Å²) in [4.78, 5) is 10.6. The fraction of sp³-hybridized carbons (Fsp3) is 0.273. The van der Waals surface area contributed by atoms with Crippen LogP contribution in [0.25, 0.3) is 16.1 Å². The number of anilines is 2. The van der Waals surface area contributed by atoms with Crippen LogP contribution < -0.4 is 14.5 Å². The summed E-state index contributed by atoms with van der Waals surface area (Å²) in [7, 11) is 0. The molecule has 0 unspecified atom stereocenters. The monoisotopic (exact) mass is 405 g/mol. The quantitative estimate of drug-likeness (QED) is 0.498. The molecule has 0 bridgehead atoms. The number of hydrogen-bond acceptors (Lipinski definition) is 6. The Kier molecular flexibility index (Phi) is 4.81. The highest BCUT2D eigenvalue weighted by molar-refractivity contribution is 7.13. The average Bonchev–Trinajstić information content (AvgIpc) is 3.44. The van der Waals surface area contributed by atoms with Gasteiger partial charge in [-0.25, -0.2) is 9.50 Å². The first-order valence-corrected chi connectivity index (χ1v) is 10.8. The van der Waals surface area contributed by atoms with Gasteiger partial charge in [-0.1, -0.05) is 18.2 Å². The largest absolute Gasteiger partial charge is 0.492 e. The lowest BCUT2D eigenvalue weighted by Gasteiger charge is -2.37. The summed E-state index contributed by atoms with van der Waals surface area (Å²) in [5.74, 6) is 1.96. The number of fused-ring (bicyclic) bond motifs is 1. The summed E-state index contributed by atoms with van der Waals surface area (Å²) in [5.41, 5.74) is 3.22. The number of aromatic nitrogens is 3. The molecule has 0 amide bonds. The topological polar surface area (TPSA) is 45.9 Å². The summed E-state index contributed by atoms with van der Waals surface area (Å²) >= 11 is 1.71. The van der Waals surface area contributed by atoms with Crippen LogP contribution in [0.15, 0.2) is 60.2 Å². The van der Waals surface area contributed by atoms with E-state index in [0.717, 1.165) is 49.0 Å². The van der Waals surface area contributed by atoms with Gasteiger partial charge in [0.15, 0.2) is 5.82 Å². The number of rotatable bonds is 5. The zero-order valence-corrected chi connectivity index (χ0v) is 17.2. The van der Waals surface area contributed by atoms with Crippen LogP contribution >= 0.6 is 11.3 Å². The lowest BCUT2D eigenvalue weighted by molar-refractivity contribution is 0.340.